The Morgan fingerprint density at radius 1 is 1.67 bits per heavy atom. The molecule has 21 heavy (non-hydrogen) atoms. The highest BCUT2D eigenvalue weighted by Crippen LogP contribution is 2.42. The molecule has 2 atom stereocenters. The zero-order valence-electron chi connectivity index (χ0n) is 12.3. The lowest BCUT2D eigenvalue weighted by Crippen LogP contribution is -2.47. The van der Waals surface area contributed by atoms with Crippen molar-refractivity contribution in [3.63, 3.8) is 0 Å². The highest BCUT2D eigenvalue weighted by atomic mass is 32.1. The van der Waals surface area contributed by atoms with E-state index in [1.807, 2.05) is 0 Å². The predicted molar refractivity (Wildman–Crippen MR) is 81.2 cm³/mol. The molecule has 0 aliphatic carbocycles. The van der Waals surface area contributed by atoms with Crippen molar-refractivity contribution in [3.05, 3.63) is 22.4 Å². The van der Waals surface area contributed by atoms with Gasteiger partial charge in [-0.05, 0) is 11.4 Å². The van der Waals surface area contributed by atoms with E-state index in [0.717, 1.165) is 19.6 Å². The van der Waals surface area contributed by atoms with Crippen LogP contribution in [-0.4, -0.2) is 57.4 Å². The van der Waals surface area contributed by atoms with Gasteiger partial charge >= 0.3 is 0 Å². The first-order valence-electron chi connectivity index (χ1n) is 7.34. The van der Waals surface area contributed by atoms with Crippen LogP contribution in [0.5, 0.6) is 0 Å². The largest absolute Gasteiger partial charge is 0.383 e. The van der Waals surface area contributed by atoms with Crippen molar-refractivity contribution in [2.45, 2.75) is 6.54 Å². The van der Waals surface area contributed by atoms with E-state index in [1.54, 1.807) is 18.4 Å². The highest BCUT2D eigenvalue weighted by molar-refractivity contribution is 7.09. The third kappa shape index (κ3) is 2.99. The molecule has 5 nitrogen and oxygen atoms in total. The van der Waals surface area contributed by atoms with Crippen LogP contribution in [0.25, 0.3) is 0 Å². The Bertz CT molecular complexity index is 479. The molecule has 2 aliphatic rings. The summed E-state index contributed by atoms with van der Waals surface area (Å²) < 4.78 is 10.6. The molecule has 6 heteroatoms. The van der Waals surface area contributed by atoms with Crippen LogP contribution in [0.4, 0.5) is 0 Å². The fraction of sp³-hybridized carbons (Fsp3) is 0.667. The normalized spacial score (nSPS) is 28.7. The molecule has 3 rings (SSSR count). The average molecular weight is 310 g/mol. The maximum atomic E-state index is 12.6. The van der Waals surface area contributed by atoms with Crippen molar-refractivity contribution in [3.8, 4) is 0 Å². The van der Waals surface area contributed by atoms with Gasteiger partial charge in [-0.1, -0.05) is 6.07 Å². The van der Waals surface area contributed by atoms with Gasteiger partial charge in [-0.15, -0.1) is 11.3 Å². The smallest absolute Gasteiger partial charge is 0.230 e. The van der Waals surface area contributed by atoms with E-state index in [2.05, 4.69) is 27.7 Å². The number of fused-ring (bicyclic) bond motifs is 1. The van der Waals surface area contributed by atoms with E-state index in [9.17, 15) is 4.79 Å². The third-order valence-electron chi connectivity index (χ3n) is 4.45. The van der Waals surface area contributed by atoms with E-state index < -0.39 is 0 Å². The number of amides is 1. The van der Waals surface area contributed by atoms with Crippen molar-refractivity contribution < 1.29 is 14.3 Å². The first-order valence-corrected chi connectivity index (χ1v) is 8.22. The number of hydrogen-bond acceptors (Lipinski definition) is 5. The third-order valence-corrected chi connectivity index (χ3v) is 5.31. The summed E-state index contributed by atoms with van der Waals surface area (Å²) in [7, 11) is 1.64. The number of likely N-dealkylation sites (tertiary alicyclic amines) is 1. The summed E-state index contributed by atoms with van der Waals surface area (Å²) in [6.07, 6.45) is 0. The zero-order chi connectivity index (χ0) is 14.7. The number of carbonyl (C=O) groups excluding carboxylic acids is 1. The molecule has 3 heterocycles. The number of thiophene rings is 1. The maximum Gasteiger partial charge on any atom is 0.230 e. The summed E-state index contributed by atoms with van der Waals surface area (Å²) in [6, 6.07) is 4.23. The minimum atomic E-state index is -0.370. The van der Waals surface area contributed by atoms with Crippen LogP contribution in [0.2, 0.25) is 0 Å². The van der Waals surface area contributed by atoms with Crippen LogP contribution in [0.3, 0.4) is 0 Å². The first-order chi connectivity index (χ1) is 10.2. The van der Waals surface area contributed by atoms with Crippen molar-refractivity contribution >= 4 is 17.2 Å². The molecule has 0 aromatic carbocycles. The second-order valence-corrected chi connectivity index (χ2v) is 6.90. The van der Waals surface area contributed by atoms with E-state index in [-0.39, 0.29) is 11.3 Å². The Morgan fingerprint density at radius 3 is 3.33 bits per heavy atom. The molecule has 0 bridgehead atoms. The van der Waals surface area contributed by atoms with Gasteiger partial charge in [0.1, 0.15) is 0 Å². The van der Waals surface area contributed by atoms with Crippen LogP contribution in [0.1, 0.15) is 4.88 Å². The highest BCUT2D eigenvalue weighted by Gasteiger charge is 2.55. The van der Waals surface area contributed by atoms with Gasteiger partial charge in [-0.2, -0.15) is 0 Å². The Morgan fingerprint density at radius 2 is 2.57 bits per heavy atom. The zero-order valence-corrected chi connectivity index (χ0v) is 13.2. The molecular formula is C15H22N2O3S. The van der Waals surface area contributed by atoms with E-state index >= 15 is 0 Å². The molecule has 1 N–H and O–H groups in total. The summed E-state index contributed by atoms with van der Waals surface area (Å²) in [5.74, 6) is 0.427. The average Bonchev–Trinajstić information content (AvgIpc) is 3.15. The van der Waals surface area contributed by atoms with Gasteiger partial charge < -0.3 is 14.8 Å². The van der Waals surface area contributed by atoms with Crippen molar-refractivity contribution in [2.24, 2.45) is 11.3 Å². The number of methoxy groups -OCH3 is 1. The number of rotatable bonds is 6. The second-order valence-electron chi connectivity index (χ2n) is 5.87. The molecule has 116 valence electrons. The molecule has 1 amide bonds. The summed E-state index contributed by atoms with van der Waals surface area (Å²) >= 11 is 1.77. The van der Waals surface area contributed by atoms with E-state index in [4.69, 9.17) is 9.47 Å². The van der Waals surface area contributed by atoms with Gasteiger partial charge in [0.15, 0.2) is 0 Å². The van der Waals surface area contributed by atoms with Crippen LogP contribution >= 0.6 is 11.3 Å². The van der Waals surface area contributed by atoms with Crippen LogP contribution in [0.15, 0.2) is 17.5 Å². The summed E-state index contributed by atoms with van der Waals surface area (Å²) in [4.78, 5) is 16.3. The Labute approximate surface area is 129 Å². The first kappa shape index (κ1) is 15.0. The van der Waals surface area contributed by atoms with Gasteiger partial charge in [0.25, 0.3) is 0 Å². The number of ether oxygens (including phenoxy) is 2. The fourth-order valence-electron chi connectivity index (χ4n) is 3.35. The minimum absolute atomic E-state index is 0.121. The molecule has 2 saturated heterocycles. The molecule has 2 fully saturated rings. The van der Waals surface area contributed by atoms with Crippen molar-refractivity contribution in [1.29, 1.82) is 0 Å². The Hall–Kier alpha value is -0.950. The standard InChI is InChI=1S/C15H22N2O3S/c1-19-5-4-16-14(18)15-10-17(7-12(15)9-20-11-15)8-13-3-2-6-21-13/h2-3,6,12H,4-5,7-11H2,1H3,(H,16,18)/t12-,15-/m0/s1. The van der Waals surface area contributed by atoms with Gasteiger partial charge in [0.05, 0.1) is 25.2 Å². The molecule has 0 unspecified atom stereocenters. The molecule has 1 aromatic heterocycles. The lowest BCUT2D eigenvalue weighted by Gasteiger charge is -2.26. The number of nitrogens with one attached hydrogen (secondary N) is 1. The predicted octanol–water partition coefficient (Wildman–Crippen LogP) is 0.959. The van der Waals surface area contributed by atoms with Crippen LogP contribution in [0, 0.1) is 11.3 Å². The quantitative estimate of drug-likeness (QED) is 0.795. The summed E-state index contributed by atoms with van der Waals surface area (Å²) in [6.45, 7) is 5.00. The number of nitrogens with zero attached hydrogens (tertiary/aromatic N) is 1. The topological polar surface area (TPSA) is 50.8 Å². The fourth-order valence-corrected chi connectivity index (χ4v) is 4.09. The molecule has 0 radical (unpaired) electrons. The van der Waals surface area contributed by atoms with Crippen molar-refractivity contribution in [2.75, 3.05) is 46.6 Å². The molecule has 0 spiro atoms. The SMILES string of the molecule is COCCNC(=O)[C@@]12COC[C@@H]1CN(Cc1cccs1)C2. The van der Waals surface area contributed by atoms with Gasteiger partial charge in [0, 0.05) is 44.1 Å². The monoisotopic (exact) mass is 310 g/mol. The van der Waals surface area contributed by atoms with Crippen LogP contribution < -0.4 is 5.32 Å². The molecule has 0 saturated carbocycles. The van der Waals surface area contributed by atoms with E-state index in [1.165, 1.54) is 4.88 Å². The number of hydrogen-bond donors (Lipinski definition) is 1. The van der Waals surface area contributed by atoms with Crippen LogP contribution in [-0.2, 0) is 20.8 Å². The number of carbonyl (C=O) groups is 1. The maximum absolute atomic E-state index is 12.6. The molecule has 2 aliphatic heterocycles. The van der Waals surface area contributed by atoms with Gasteiger partial charge in [0.2, 0.25) is 5.91 Å². The van der Waals surface area contributed by atoms with Gasteiger partial charge in [-0.25, -0.2) is 0 Å². The minimum Gasteiger partial charge on any atom is -0.383 e. The summed E-state index contributed by atoms with van der Waals surface area (Å²) in [5.41, 5.74) is -0.370. The lowest BCUT2D eigenvalue weighted by atomic mass is 9.80. The Balaban J connectivity index is 1.64. The van der Waals surface area contributed by atoms with Crippen molar-refractivity contribution in [1.82, 2.24) is 10.2 Å². The molecular weight excluding hydrogens is 288 g/mol. The second kappa shape index (κ2) is 6.44. The van der Waals surface area contributed by atoms with E-state index in [0.29, 0.717) is 32.3 Å². The van der Waals surface area contributed by atoms with Gasteiger partial charge in [-0.3, -0.25) is 9.69 Å². The summed E-state index contributed by atoms with van der Waals surface area (Å²) in [5, 5.41) is 5.10. The molecule has 1 aromatic rings. The lowest BCUT2D eigenvalue weighted by molar-refractivity contribution is -0.131. The Kier molecular flexibility index (Phi) is 4.59.